The molecule has 0 saturated heterocycles. The first-order valence-corrected chi connectivity index (χ1v) is 3.89. The quantitative estimate of drug-likeness (QED) is 0.618. The molecule has 0 bridgehead atoms. The van der Waals surface area contributed by atoms with E-state index in [2.05, 4.69) is 11.8 Å². The van der Waals surface area contributed by atoms with Gasteiger partial charge < -0.3 is 5.73 Å². The molecule has 2 unspecified atom stereocenters. The highest BCUT2D eigenvalue weighted by Gasteiger charge is 2.20. The van der Waals surface area contributed by atoms with Gasteiger partial charge in [-0.1, -0.05) is 19.8 Å². The van der Waals surface area contributed by atoms with Crippen molar-refractivity contribution in [1.82, 2.24) is 0 Å². The summed E-state index contributed by atoms with van der Waals surface area (Å²) in [4.78, 5) is 0. The van der Waals surface area contributed by atoms with Crippen LogP contribution in [0.4, 0.5) is 4.39 Å². The first-order valence-electron chi connectivity index (χ1n) is 3.89. The topological polar surface area (TPSA) is 26.0 Å². The molecule has 0 aromatic carbocycles. The average molecular weight is 157 g/mol. The fourth-order valence-electron chi connectivity index (χ4n) is 0.974. The highest BCUT2D eigenvalue weighted by Crippen LogP contribution is 2.15. The molecule has 0 spiro atoms. The molecule has 0 aliphatic rings. The second-order valence-electron chi connectivity index (χ2n) is 2.94. The lowest BCUT2D eigenvalue weighted by molar-refractivity contribution is 0.238. The Kier molecular flexibility index (Phi) is 4.89. The van der Waals surface area contributed by atoms with Crippen LogP contribution in [0.15, 0.2) is 0 Å². The van der Waals surface area contributed by atoms with E-state index in [9.17, 15) is 4.39 Å². The summed E-state index contributed by atoms with van der Waals surface area (Å²) in [5.74, 6) is 5.18. The van der Waals surface area contributed by atoms with E-state index in [0.717, 1.165) is 0 Å². The van der Waals surface area contributed by atoms with Crippen LogP contribution in [0, 0.1) is 23.7 Å². The van der Waals surface area contributed by atoms with Gasteiger partial charge >= 0.3 is 0 Å². The van der Waals surface area contributed by atoms with Gasteiger partial charge in [-0.2, -0.15) is 0 Å². The fourth-order valence-corrected chi connectivity index (χ4v) is 0.974. The van der Waals surface area contributed by atoms with Crippen molar-refractivity contribution in [1.29, 1.82) is 0 Å². The van der Waals surface area contributed by atoms with Gasteiger partial charge in [-0.3, -0.25) is 0 Å². The van der Waals surface area contributed by atoms with E-state index < -0.39 is 6.17 Å². The molecule has 0 heterocycles. The summed E-state index contributed by atoms with van der Waals surface area (Å²) in [5, 5.41) is 0. The molecule has 2 N–H and O–H groups in total. The maximum absolute atomic E-state index is 13.1. The second kappa shape index (κ2) is 5.15. The Labute approximate surface area is 68.2 Å². The predicted molar refractivity (Wildman–Crippen MR) is 45.7 cm³/mol. The van der Waals surface area contributed by atoms with Crippen LogP contribution in [-0.4, -0.2) is 12.7 Å². The minimum Gasteiger partial charge on any atom is -0.330 e. The van der Waals surface area contributed by atoms with Crippen LogP contribution in [-0.2, 0) is 0 Å². The third-order valence-corrected chi connectivity index (χ3v) is 1.79. The normalized spacial score (nSPS) is 15.5. The lowest BCUT2D eigenvalue weighted by Crippen LogP contribution is -2.28. The molecule has 0 fully saturated rings. The smallest absolute Gasteiger partial charge is 0.164 e. The Morgan fingerprint density at radius 2 is 2.00 bits per heavy atom. The van der Waals surface area contributed by atoms with E-state index in [1.165, 1.54) is 0 Å². The van der Waals surface area contributed by atoms with E-state index in [-0.39, 0.29) is 11.8 Å². The third kappa shape index (κ3) is 3.38. The molecule has 0 amide bonds. The van der Waals surface area contributed by atoms with Crippen LogP contribution in [0.1, 0.15) is 20.8 Å². The van der Waals surface area contributed by atoms with Crippen LogP contribution < -0.4 is 5.73 Å². The van der Waals surface area contributed by atoms with Gasteiger partial charge in [0.05, 0.1) is 0 Å². The molecule has 2 heteroatoms. The number of rotatable bonds is 3. The second-order valence-corrected chi connectivity index (χ2v) is 2.94. The number of hydrogen-bond donors (Lipinski definition) is 1. The van der Waals surface area contributed by atoms with Crippen molar-refractivity contribution in [3.8, 4) is 11.8 Å². The highest BCUT2D eigenvalue weighted by molar-refractivity contribution is 5.04. The Morgan fingerprint density at radius 3 is 2.27 bits per heavy atom. The van der Waals surface area contributed by atoms with E-state index in [4.69, 9.17) is 5.73 Å². The van der Waals surface area contributed by atoms with Crippen molar-refractivity contribution in [3.63, 3.8) is 0 Å². The first kappa shape index (κ1) is 10.4. The molecular weight excluding hydrogens is 141 g/mol. The Hall–Kier alpha value is -0.550. The fraction of sp³-hybridized carbons (Fsp3) is 0.778. The zero-order valence-electron chi connectivity index (χ0n) is 7.39. The zero-order chi connectivity index (χ0) is 8.85. The standard InChI is InChI=1S/C9H16FN/c1-4-5-9(10)8(6-11)7(2)3/h7-9H,6,11H2,1-3H3. The molecule has 0 saturated carbocycles. The molecule has 0 aliphatic heterocycles. The van der Waals surface area contributed by atoms with Crippen molar-refractivity contribution in [2.45, 2.75) is 26.9 Å². The zero-order valence-corrected chi connectivity index (χ0v) is 7.39. The largest absolute Gasteiger partial charge is 0.330 e. The summed E-state index contributed by atoms with van der Waals surface area (Å²) < 4.78 is 13.1. The van der Waals surface area contributed by atoms with Crippen LogP contribution >= 0.6 is 0 Å². The van der Waals surface area contributed by atoms with Crippen molar-refractivity contribution >= 4 is 0 Å². The molecule has 64 valence electrons. The molecule has 11 heavy (non-hydrogen) atoms. The average Bonchev–Trinajstić information content (AvgIpc) is 1.88. The van der Waals surface area contributed by atoms with Crippen molar-refractivity contribution in [2.75, 3.05) is 6.54 Å². The summed E-state index contributed by atoms with van der Waals surface area (Å²) in [7, 11) is 0. The third-order valence-electron chi connectivity index (χ3n) is 1.79. The van der Waals surface area contributed by atoms with Crippen LogP contribution in [0.3, 0.4) is 0 Å². The number of alkyl halides is 1. The molecule has 0 aliphatic carbocycles. The van der Waals surface area contributed by atoms with Gasteiger partial charge in [-0.25, -0.2) is 4.39 Å². The van der Waals surface area contributed by atoms with E-state index in [0.29, 0.717) is 6.54 Å². The minimum absolute atomic E-state index is 0.123. The molecule has 2 atom stereocenters. The van der Waals surface area contributed by atoms with Crippen LogP contribution in [0.5, 0.6) is 0 Å². The Balaban J connectivity index is 4.09. The SMILES string of the molecule is CC#CC(F)C(CN)C(C)C. The Bertz CT molecular complexity index is 155. The molecule has 0 aromatic rings. The number of hydrogen-bond acceptors (Lipinski definition) is 1. The van der Waals surface area contributed by atoms with Crippen LogP contribution in [0.2, 0.25) is 0 Å². The van der Waals surface area contributed by atoms with E-state index in [1.54, 1.807) is 6.92 Å². The van der Waals surface area contributed by atoms with Gasteiger partial charge in [0.1, 0.15) is 0 Å². The molecule has 0 rings (SSSR count). The van der Waals surface area contributed by atoms with Gasteiger partial charge in [0.15, 0.2) is 6.17 Å². The van der Waals surface area contributed by atoms with Gasteiger partial charge in [0.2, 0.25) is 0 Å². The number of nitrogens with two attached hydrogens (primary N) is 1. The van der Waals surface area contributed by atoms with E-state index in [1.807, 2.05) is 13.8 Å². The van der Waals surface area contributed by atoms with Gasteiger partial charge in [-0.15, -0.1) is 5.92 Å². The highest BCUT2D eigenvalue weighted by atomic mass is 19.1. The summed E-state index contributed by atoms with van der Waals surface area (Å²) in [6.45, 7) is 5.93. The summed E-state index contributed by atoms with van der Waals surface area (Å²) >= 11 is 0. The van der Waals surface area contributed by atoms with E-state index >= 15 is 0 Å². The first-order chi connectivity index (χ1) is 5.13. The van der Waals surface area contributed by atoms with Crippen molar-refractivity contribution in [2.24, 2.45) is 17.6 Å². The molecule has 0 aromatic heterocycles. The Morgan fingerprint density at radius 1 is 1.45 bits per heavy atom. The van der Waals surface area contributed by atoms with Crippen LogP contribution in [0.25, 0.3) is 0 Å². The summed E-state index contributed by atoms with van der Waals surface area (Å²) in [6.07, 6.45) is -1.06. The lowest BCUT2D eigenvalue weighted by Gasteiger charge is -2.18. The van der Waals surface area contributed by atoms with Crippen molar-refractivity contribution < 1.29 is 4.39 Å². The maximum Gasteiger partial charge on any atom is 0.164 e. The van der Waals surface area contributed by atoms with Gasteiger partial charge in [0.25, 0.3) is 0 Å². The van der Waals surface area contributed by atoms with Gasteiger partial charge in [-0.05, 0) is 19.4 Å². The summed E-state index contributed by atoms with van der Waals surface area (Å²) in [5.41, 5.74) is 5.40. The molecule has 0 radical (unpaired) electrons. The lowest BCUT2D eigenvalue weighted by atomic mass is 9.91. The van der Waals surface area contributed by atoms with Crippen molar-refractivity contribution in [3.05, 3.63) is 0 Å². The minimum atomic E-state index is -1.06. The molecule has 1 nitrogen and oxygen atoms in total. The maximum atomic E-state index is 13.1. The number of halogens is 1. The molecular formula is C9H16FN. The summed E-state index contributed by atoms with van der Waals surface area (Å²) in [6, 6.07) is 0. The monoisotopic (exact) mass is 157 g/mol. The van der Waals surface area contributed by atoms with Gasteiger partial charge in [0, 0.05) is 5.92 Å². The predicted octanol–water partition coefficient (Wildman–Crippen LogP) is 1.58.